The molecule has 1 aliphatic heterocycles. The van der Waals surface area contributed by atoms with E-state index in [4.69, 9.17) is 5.26 Å². The number of halogens is 1. The van der Waals surface area contributed by atoms with Gasteiger partial charge in [0.1, 0.15) is 0 Å². The fourth-order valence-corrected chi connectivity index (χ4v) is 4.58. The molecule has 24 heavy (non-hydrogen) atoms. The minimum Gasteiger partial charge on any atom is -0.314 e. The molecule has 1 N–H and O–H groups in total. The lowest BCUT2D eigenvalue weighted by Gasteiger charge is -2.31. The van der Waals surface area contributed by atoms with Gasteiger partial charge in [-0.05, 0) is 55.8 Å². The van der Waals surface area contributed by atoms with Gasteiger partial charge in [-0.2, -0.15) is 5.26 Å². The van der Waals surface area contributed by atoms with Crippen molar-refractivity contribution in [3.63, 3.8) is 0 Å². The smallest absolute Gasteiger partial charge is 0.218 e. The third-order valence-corrected chi connectivity index (χ3v) is 6.49. The highest BCUT2D eigenvalue weighted by Gasteiger charge is 2.29. The third-order valence-electron chi connectivity index (χ3n) is 4.64. The molecule has 0 amide bonds. The van der Waals surface area contributed by atoms with Crippen molar-refractivity contribution in [2.75, 3.05) is 19.6 Å². The van der Waals surface area contributed by atoms with Crippen LogP contribution < -0.4 is 5.32 Å². The molecular formula is C17H24ClN3O2S. The van der Waals surface area contributed by atoms with E-state index in [0.29, 0.717) is 30.3 Å². The van der Waals surface area contributed by atoms with Crippen LogP contribution in [0.2, 0.25) is 0 Å². The number of nitriles is 1. The normalized spacial score (nSPS) is 19.5. The van der Waals surface area contributed by atoms with Gasteiger partial charge >= 0.3 is 0 Å². The van der Waals surface area contributed by atoms with Crippen molar-refractivity contribution in [3.8, 4) is 6.07 Å². The number of benzene rings is 1. The molecular weight excluding hydrogens is 346 g/mol. The molecule has 1 heterocycles. The molecule has 0 unspecified atom stereocenters. The zero-order valence-corrected chi connectivity index (χ0v) is 15.3. The van der Waals surface area contributed by atoms with Gasteiger partial charge in [-0.3, -0.25) is 0 Å². The first-order valence-electron chi connectivity index (χ1n) is 8.27. The number of nitrogens with one attached hydrogen (secondary N) is 1. The van der Waals surface area contributed by atoms with Crippen LogP contribution >= 0.6 is 12.4 Å². The van der Waals surface area contributed by atoms with Crippen molar-refractivity contribution in [2.24, 2.45) is 5.92 Å². The maximum atomic E-state index is 12.6. The molecule has 1 aromatic rings. The highest BCUT2D eigenvalue weighted by molar-refractivity contribution is 7.88. The van der Waals surface area contributed by atoms with Gasteiger partial charge in [0.25, 0.3) is 0 Å². The number of nitrogens with zero attached hydrogens (tertiary/aromatic N) is 2. The summed E-state index contributed by atoms with van der Waals surface area (Å²) in [5.74, 6) is 0.826. The van der Waals surface area contributed by atoms with E-state index in [9.17, 15) is 8.42 Å². The van der Waals surface area contributed by atoms with E-state index in [1.54, 1.807) is 28.6 Å². The van der Waals surface area contributed by atoms with Crippen LogP contribution in [0.4, 0.5) is 0 Å². The summed E-state index contributed by atoms with van der Waals surface area (Å²) >= 11 is 0. The van der Waals surface area contributed by atoms with Gasteiger partial charge < -0.3 is 5.32 Å². The van der Waals surface area contributed by atoms with Crippen LogP contribution in [-0.2, 0) is 15.8 Å². The van der Waals surface area contributed by atoms with Gasteiger partial charge in [0.15, 0.2) is 0 Å². The Kier molecular flexibility index (Phi) is 6.64. The number of rotatable bonds is 6. The Balaban J connectivity index is 0.00000208. The lowest BCUT2D eigenvalue weighted by Crippen LogP contribution is -2.45. The van der Waals surface area contributed by atoms with Gasteiger partial charge in [0.2, 0.25) is 10.0 Å². The predicted molar refractivity (Wildman–Crippen MR) is 96.4 cm³/mol. The van der Waals surface area contributed by atoms with Gasteiger partial charge in [-0.1, -0.05) is 12.1 Å². The summed E-state index contributed by atoms with van der Waals surface area (Å²) in [6, 6.07) is 9.34. The number of hydrogen-bond donors (Lipinski definition) is 1. The maximum Gasteiger partial charge on any atom is 0.218 e. The predicted octanol–water partition coefficient (Wildman–Crippen LogP) is 2.27. The minimum absolute atomic E-state index is 0. The molecule has 1 aliphatic carbocycles. The van der Waals surface area contributed by atoms with E-state index < -0.39 is 10.0 Å². The van der Waals surface area contributed by atoms with Crippen molar-refractivity contribution < 1.29 is 8.42 Å². The van der Waals surface area contributed by atoms with E-state index >= 15 is 0 Å². The van der Waals surface area contributed by atoms with Crippen molar-refractivity contribution in [3.05, 3.63) is 35.4 Å². The van der Waals surface area contributed by atoms with E-state index in [-0.39, 0.29) is 18.2 Å². The second-order valence-corrected chi connectivity index (χ2v) is 8.56. The number of hydrogen-bond acceptors (Lipinski definition) is 4. The Morgan fingerprint density at radius 3 is 2.54 bits per heavy atom. The third kappa shape index (κ3) is 5.18. The molecule has 1 aromatic carbocycles. The summed E-state index contributed by atoms with van der Waals surface area (Å²) in [4.78, 5) is 0. The van der Waals surface area contributed by atoms with Crippen molar-refractivity contribution >= 4 is 22.4 Å². The fraction of sp³-hybridized carbons (Fsp3) is 0.588. The average molecular weight is 370 g/mol. The lowest BCUT2D eigenvalue weighted by molar-refractivity contribution is 0.287. The largest absolute Gasteiger partial charge is 0.314 e. The van der Waals surface area contributed by atoms with Crippen LogP contribution in [0.15, 0.2) is 24.3 Å². The molecule has 0 radical (unpaired) electrons. The summed E-state index contributed by atoms with van der Waals surface area (Å²) in [6.07, 6.45) is 4.43. The summed E-state index contributed by atoms with van der Waals surface area (Å²) in [5, 5.41) is 12.5. The van der Waals surface area contributed by atoms with Crippen LogP contribution in [0.1, 0.15) is 36.8 Å². The zero-order chi connectivity index (χ0) is 16.3. The van der Waals surface area contributed by atoms with Crippen LogP contribution in [0, 0.1) is 17.2 Å². The van der Waals surface area contributed by atoms with Crippen LogP contribution in [0.25, 0.3) is 0 Å². The molecule has 0 atom stereocenters. The van der Waals surface area contributed by atoms with E-state index in [2.05, 4.69) is 5.32 Å². The Labute approximate surface area is 150 Å². The fourth-order valence-electron chi connectivity index (χ4n) is 3.03. The second kappa shape index (κ2) is 8.30. The molecule has 0 aromatic heterocycles. The highest BCUT2D eigenvalue weighted by Crippen LogP contribution is 2.28. The molecule has 2 aliphatic rings. The number of piperidine rings is 1. The second-order valence-electron chi connectivity index (χ2n) is 6.59. The molecule has 1 saturated carbocycles. The summed E-state index contributed by atoms with van der Waals surface area (Å²) in [7, 11) is -3.31. The maximum absolute atomic E-state index is 12.6. The lowest BCUT2D eigenvalue weighted by atomic mass is 10.1. The molecule has 5 nitrogen and oxygen atoms in total. The summed E-state index contributed by atoms with van der Waals surface area (Å²) in [5.41, 5.74) is 1.18. The summed E-state index contributed by atoms with van der Waals surface area (Å²) in [6.45, 7) is 2.25. The molecule has 0 spiro atoms. The van der Waals surface area contributed by atoms with E-state index in [1.165, 1.54) is 12.8 Å². The molecule has 132 valence electrons. The quantitative estimate of drug-likeness (QED) is 0.834. The average Bonchev–Trinajstić information content (AvgIpc) is 3.37. The monoisotopic (exact) mass is 369 g/mol. The first kappa shape index (κ1) is 19.2. The molecule has 2 fully saturated rings. The SMILES string of the molecule is Cl.N#Cc1cccc(CS(=O)(=O)N2CCC(NCC3CC3)CC2)c1. The van der Waals surface area contributed by atoms with Crippen LogP contribution in [0.5, 0.6) is 0 Å². The van der Waals surface area contributed by atoms with Crippen molar-refractivity contribution in [2.45, 2.75) is 37.5 Å². The van der Waals surface area contributed by atoms with Crippen molar-refractivity contribution in [1.29, 1.82) is 5.26 Å². The van der Waals surface area contributed by atoms with Gasteiger partial charge in [0.05, 0.1) is 17.4 Å². The standard InChI is InChI=1S/C17H23N3O2S.ClH/c18-11-15-2-1-3-16(10-15)13-23(21,22)20-8-6-17(7-9-20)19-12-14-4-5-14;/h1-3,10,14,17,19H,4-9,12-13H2;1H. The molecule has 1 saturated heterocycles. The molecule has 7 heteroatoms. The minimum atomic E-state index is -3.31. The molecule has 3 rings (SSSR count). The Morgan fingerprint density at radius 1 is 1.21 bits per heavy atom. The van der Waals surface area contributed by atoms with Crippen molar-refractivity contribution in [1.82, 2.24) is 9.62 Å². The van der Waals surface area contributed by atoms with Crippen LogP contribution in [-0.4, -0.2) is 38.4 Å². The topological polar surface area (TPSA) is 73.2 Å². The Morgan fingerprint density at radius 2 is 1.92 bits per heavy atom. The van der Waals surface area contributed by atoms with Gasteiger partial charge in [0, 0.05) is 19.1 Å². The molecule has 0 bridgehead atoms. The number of sulfonamides is 1. The summed E-state index contributed by atoms with van der Waals surface area (Å²) < 4.78 is 26.7. The van der Waals surface area contributed by atoms with Gasteiger partial charge in [-0.25, -0.2) is 12.7 Å². The van der Waals surface area contributed by atoms with E-state index in [0.717, 1.165) is 25.3 Å². The first-order chi connectivity index (χ1) is 11.1. The zero-order valence-electron chi connectivity index (χ0n) is 13.6. The van der Waals surface area contributed by atoms with Crippen LogP contribution in [0.3, 0.4) is 0 Å². The highest BCUT2D eigenvalue weighted by atomic mass is 35.5. The van der Waals surface area contributed by atoms with Gasteiger partial charge in [-0.15, -0.1) is 12.4 Å². The Hall–Kier alpha value is -1.13. The first-order valence-corrected chi connectivity index (χ1v) is 9.88. The van der Waals surface area contributed by atoms with E-state index in [1.807, 2.05) is 6.07 Å². The Bertz CT molecular complexity index is 690.